The van der Waals surface area contributed by atoms with E-state index in [-0.39, 0.29) is 12.2 Å². The highest BCUT2D eigenvalue weighted by molar-refractivity contribution is 9.10. The number of benzene rings is 2. The molecule has 0 fully saturated rings. The molecule has 0 N–H and O–H groups in total. The van der Waals surface area contributed by atoms with E-state index in [0.717, 1.165) is 38.4 Å². The van der Waals surface area contributed by atoms with Gasteiger partial charge in [0.2, 0.25) is 0 Å². The van der Waals surface area contributed by atoms with E-state index in [2.05, 4.69) is 50.6 Å². The van der Waals surface area contributed by atoms with Gasteiger partial charge in [0.1, 0.15) is 5.75 Å². The zero-order valence-electron chi connectivity index (χ0n) is 23.0. The number of aromatic nitrogens is 2. The van der Waals surface area contributed by atoms with Crippen LogP contribution in [0.25, 0.3) is 11.8 Å². The van der Waals surface area contributed by atoms with Crippen LogP contribution in [0.4, 0.5) is 0 Å². The highest BCUT2D eigenvalue weighted by Crippen LogP contribution is 2.32. The average Bonchev–Trinajstić information content (AvgIpc) is 3.38. The van der Waals surface area contributed by atoms with Crippen LogP contribution in [0.3, 0.4) is 0 Å². The maximum Gasteiger partial charge on any atom is 0.338 e. The van der Waals surface area contributed by atoms with Crippen molar-refractivity contribution in [3.8, 4) is 11.4 Å². The Labute approximate surface area is 244 Å². The summed E-state index contributed by atoms with van der Waals surface area (Å²) in [6.45, 7) is 10.3. The summed E-state index contributed by atoms with van der Waals surface area (Å²) in [5, 5.41) is 0. The third-order valence-corrected chi connectivity index (χ3v) is 8.38. The summed E-state index contributed by atoms with van der Waals surface area (Å²) < 4.78 is 16.3. The summed E-state index contributed by atoms with van der Waals surface area (Å²) in [7, 11) is 0. The minimum atomic E-state index is -0.664. The first-order chi connectivity index (χ1) is 19.2. The van der Waals surface area contributed by atoms with Crippen LogP contribution in [0.1, 0.15) is 49.3 Å². The number of rotatable bonds is 7. The van der Waals surface area contributed by atoms with Crippen LogP contribution in [0.2, 0.25) is 0 Å². The molecule has 2 aromatic heterocycles. The Morgan fingerprint density at radius 1 is 1.05 bits per heavy atom. The lowest BCUT2D eigenvalue weighted by atomic mass is 9.96. The standard InChI is InChI=1S/C31H30BrN3O4S/c1-6-38-25-14-8-21(9-15-25)28-27(30(37)39-7-2)19(4)33-31-35(28)29(36)26(40-31)17-22-16-18(3)34(20(22)5)24-12-10-23(32)11-13-24/h8-17,28H,6-7H2,1-5H3/b26-17-. The largest absolute Gasteiger partial charge is 0.494 e. The van der Waals surface area contributed by atoms with Crippen molar-refractivity contribution in [3.05, 3.63) is 113 Å². The number of nitrogens with zero attached hydrogens (tertiary/aromatic N) is 3. The number of esters is 1. The van der Waals surface area contributed by atoms with Crippen LogP contribution >= 0.6 is 27.3 Å². The van der Waals surface area contributed by atoms with Crippen molar-refractivity contribution in [1.82, 2.24) is 9.13 Å². The van der Waals surface area contributed by atoms with Gasteiger partial charge in [-0.1, -0.05) is 39.4 Å². The van der Waals surface area contributed by atoms with Gasteiger partial charge in [0, 0.05) is 21.5 Å². The minimum Gasteiger partial charge on any atom is -0.494 e. The van der Waals surface area contributed by atoms with E-state index >= 15 is 0 Å². The van der Waals surface area contributed by atoms with E-state index in [1.54, 1.807) is 18.4 Å². The molecule has 1 aliphatic heterocycles. The summed E-state index contributed by atoms with van der Waals surface area (Å²) in [4.78, 5) is 32.3. The number of allylic oxidation sites excluding steroid dienone is 1. The van der Waals surface area contributed by atoms with Crippen LogP contribution in [0, 0.1) is 13.8 Å². The lowest BCUT2D eigenvalue weighted by Crippen LogP contribution is -2.39. The smallest absolute Gasteiger partial charge is 0.338 e. The number of aryl methyl sites for hydroxylation is 1. The van der Waals surface area contributed by atoms with Gasteiger partial charge in [-0.15, -0.1) is 0 Å². The van der Waals surface area contributed by atoms with E-state index < -0.39 is 12.0 Å². The van der Waals surface area contributed by atoms with Gasteiger partial charge in [0.15, 0.2) is 4.80 Å². The van der Waals surface area contributed by atoms with Gasteiger partial charge in [-0.05, 0) is 94.3 Å². The SMILES string of the molecule is CCOC(=O)C1=C(C)N=c2s/c(=C\c3cc(C)n(-c4ccc(Br)cc4)c3C)c(=O)n2C1c1ccc(OCC)cc1. The normalized spacial score (nSPS) is 15.2. The number of hydrogen-bond acceptors (Lipinski definition) is 6. The molecule has 7 nitrogen and oxygen atoms in total. The fourth-order valence-electron chi connectivity index (χ4n) is 5.08. The van der Waals surface area contributed by atoms with Crippen LogP contribution in [-0.4, -0.2) is 28.3 Å². The fraction of sp³-hybridized carbons (Fsp3) is 0.258. The quantitative estimate of drug-likeness (QED) is 0.261. The Morgan fingerprint density at radius 2 is 1.75 bits per heavy atom. The predicted molar refractivity (Wildman–Crippen MR) is 161 cm³/mol. The van der Waals surface area contributed by atoms with Gasteiger partial charge in [-0.25, -0.2) is 9.79 Å². The van der Waals surface area contributed by atoms with Crippen molar-refractivity contribution in [2.45, 2.75) is 40.7 Å². The Balaban J connectivity index is 1.66. The number of halogens is 1. The number of thiazole rings is 1. The van der Waals surface area contributed by atoms with Crippen molar-refractivity contribution in [1.29, 1.82) is 0 Å². The Bertz CT molecular complexity index is 1790. The van der Waals surface area contributed by atoms with E-state index in [0.29, 0.717) is 27.2 Å². The first-order valence-corrected chi connectivity index (χ1v) is 14.7. The molecule has 4 aromatic rings. The molecule has 0 saturated heterocycles. The molecule has 1 aliphatic rings. The zero-order chi connectivity index (χ0) is 28.6. The Hall–Kier alpha value is -3.69. The third-order valence-electron chi connectivity index (χ3n) is 6.87. The molecule has 2 aromatic carbocycles. The van der Waals surface area contributed by atoms with Crippen LogP contribution < -0.4 is 19.6 Å². The molecule has 3 heterocycles. The molecule has 206 valence electrons. The topological polar surface area (TPSA) is 74.8 Å². The Kier molecular flexibility index (Phi) is 7.96. The van der Waals surface area contributed by atoms with Crippen molar-refractivity contribution in [2.24, 2.45) is 4.99 Å². The number of carbonyl (C=O) groups excluding carboxylic acids is 1. The van der Waals surface area contributed by atoms with E-state index in [1.807, 2.05) is 56.3 Å². The van der Waals surface area contributed by atoms with Gasteiger partial charge in [0.05, 0.1) is 35.1 Å². The zero-order valence-corrected chi connectivity index (χ0v) is 25.4. The number of carbonyl (C=O) groups is 1. The first-order valence-electron chi connectivity index (χ1n) is 13.1. The van der Waals surface area contributed by atoms with Crippen molar-refractivity contribution >= 4 is 39.3 Å². The van der Waals surface area contributed by atoms with Gasteiger partial charge in [-0.2, -0.15) is 0 Å². The van der Waals surface area contributed by atoms with Crippen molar-refractivity contribution in [3.63, 3.8) is 0 Å². The van der Waals surface area contributed by atoms with E-state index in [1.165, 1.54) is 11.3 Å². The van der Waals surface area contributed by atoms with Gasteiger partial charge in [0.25, 0.3) is 5.56 Å². The second-order valence-corrected chi connectivity index (χ2v) is 11.4. The molecule has 0 amide bonds. The van der Waals surface area contributed by atoms with Gasteiger partial charge < -0.3 is 14.0 Å². The maximum atomic E-state index is 14.0. The van der Waals surface area contributed by atoms with Crippen LogP contribution in [0.5, 0.6) is 5.75 Å². The number of hydrogen-bond donors (Lipinski definition) is 0. The molecule has 0 saturated carbocycles. The first kappa shape index (κ1) is 27.9. The molecular weight excluding hydrogens is 590 g/mol. The highest BCUT2D eigenvalue weighted by atomic mass is 79.9. The summed E-state index contributed by atoms with van der Waals surface area (Å²) >= 11 is 4.82. The molecule has 0 bridgehead atoms. The molecular formula is C31H30BrN3O4S. The van der Waals surface area contributed by atoms with E-state index in [4.69, 9.17) is 9.47 Å². The highest BCUT2D eigenvalue weighted by Gasteiger charge is 2.33. The monoisotopic (exact) mass is 619 g/mol. The molecule has 9 heteroatoms. The summed E-state index contributed by atoms with van der Waals surface area (Å²) in [5.74, 6) is 0.244. The van der Waals surface area contributed by atoms with Crippen molar-refractivity contribution < 1.29 is 14.3 Å². The third kappa shape index (κ3) is 5.11. The van der Waals surface area contributed by atoms with Gasteiger partial charge >= 0.3 is 5.97 Å². The predicted octanol–water partition coefficient (Wildman–Crippen LogP) is 5.37. The summed E-state index contributed by atoms with van der Waals surface area (Å²) in [5.41, 5.74) is 5.56. The molecule has 0 spiro atoms. The van der Waals surface area contributed by atoms with Crippen LogP contribution in [-0.2, 0) is 9.53 Å². The second kappa shape index (κ2) is 11.4. The number of ether oxygens (including phenoxy) is 2. The molecule has 1 unspecified atom stereocenters. The fourth-order valence-corrected chi connectivity index (χ4v) is 6.38. The maximum absolute atomic E-state index is 14.0. The average molecular weight is 621 g/mol. The lowest BCUT2D eigenvalue weighted by Gasteiger charge is -2.24. The lowest BCUT2D eigenvalue weighted by molar-refractivity contribution is -0.139. The molecule has 1 atom stereocenters. The molecule has 0 radical (unpaired) electrons. The summed E-state index contributed by atoms with van der Waals surface area (Å²) in [6.07, 6.45) is 1.92. The molecule has 40 heavy (non-hydrogen) atoms. The Morgan fingerprint density at radius 3 is 2.40 bits per heavy atom. The molecule has 0 aliphatic carbocycles. The summed E-state index contributed by atoms with van der Waals surface area (Å²) in [6, 6.07) is 17.0. The minimum absolute atomic E-state index is 0.203. The number of fused-ring (bicyclic) bond motifs is 1. The molecule has 5 rings (SSSR count). The van der Waals surface area contributed by atoms with Crippen molar-refractivity contribution in [2.75, 3.05) is 13.2 Å². The van der Waals surface area contributed by atoms with E-state index in [9.17, 15) is 9.59 Å². The van der Waals surface area contributed by atoms with Crippen LogP contribution in [0.15, 0.2) is 80.1 Å². The second-order valence-electron chi connectivity index (χ2n) is 9.44. The van der Waals surface area contributed by atoms with Gasteiger partial charge in [-0.3, -0.25) is 9.36 Å².